The number of carboxylic acid groups (broad SMARTS) is 1. The number of hydrogen-bond acceptors (Lipinski definition) is 24. The van der Waals surface area contributed by atoms with Crippen molar-refractivity contribution in [1.29, 1.82) is 0 Å². The summed E-state index contributed by atoms with van der Waals surface area (Å²) in [4.78, 5) is 97.4. The van der Waals surface area contributed by atoms with E-state index >= 15 is 0 Å². The number of anilines is 4. The molecule has 0 aliphatic carbocycles. The number of benzene rings is 3. The molecule has 45 heteroatoms. The molecule has 4 aliphatic heterocycles. The van der Waals surface area contributed by atoms with Crippen molar-refractivity contribution in [2.24, 2.45) is 0 Å². The fourth-order valence-corrected chi connectivity index (χ4v) is 12.7. The number of terminal acetylenes is 2. The quantitative estimate of drug-likeness (QED) is 0.00873. The van der Waals surface area contributed by atoms with Crippen LogP contribution < -0.4 is 143 Å². The Kier molecular flexibility index (Phi) is 72.9. The summed E-state index contributed by atoms with van der Waals surface area (Å²) in [5.41, 5.74) is 12.0. The topological polar surface area (TPSA) is 373 Å². The Bertz CT molecular complexity index is 6400. The predicted octanol–water partition coefficient (Wildman–Crippen LogP) is 14.4. The molecule has 0 fully saturated rings. The Morgan fingerprint density at radius 2 is 0.871 bits per heavy atom. The molecule has 0 atom stereocenters. The summed E-state index contributed by atoms with van der Waals surface area (Å²) < 4.78 is 92.9. The number of aromatic nitrogens is 8. The van der Waals surface area contributed by atoms with E-state index in [2.05, 4.69) is 326 Å². The van der Waals surface area contributed by atoms with Crippen LogP contribution in [-0.4, -0.2) is 143 Å². The van der Waals surface area contributed by atoms with Crippen molar-refractivity contribution in [3.05, 3.63) is 235 Å². The van der Waals surface area contributed by atoms with Gasteiger partial charge in [0, 0.05) is 91.9 Å². The third kappa shape index (κ3) is 57.2. The summed E-state index contributed by atoms with van der Waals surface area (Å²) >= 11 is 37.8. The van der Waals surface area contributed by atoms with Gasteiger partial charge in [-0.3, -0.25) is 37.7 Å². The second-order valence-corrected chi connectivity index (χ2v) is 36.7. The van der Waals surface area contributed by atoms with Gasteiger partial charge >= 0.3 is 137 Å². The van der Waals surface area contributed by atoms with Crippen molar-refractivity contribution in [1.82, 2.24) is 39.9 Å². The van der Waals surface area contributed by atoms with Crippen molar-refractivity contribution in [2.45, 2.75) is 65.2 Å². The molecule has 8 aromatic heterocycles. The van der Waals surface area contributed by atoms with E-state index in [1.54, 1.807) is 33.6 Å². The second-order valence-electron chi connectivity index (χ2n) is 24.9. The number of aldehydes is 4. The van der Waals surface area contributed by atoms with E-state index in [0.29, 0.717) is 36.4 Å². The maximum atomic E-state index is 11.0. The molecule has 717 valence electrons. The van der Waals surface area contributed by atoms with Crippen LogP contribution in [0.4, 0.5) is 40.8 Å². The van der Waals surface area contributed by atoms with Gasteiger partial charge in [0.2, 0.25) is 6.29 Å². The predicted molar refractivity (Wildman–Crippen MR) is 540 cm³/mol. The van der Waals surface area contributed by atoms with E-state index in [0.717, 1.165) is 184 Å². The molecule has 0 spiro atoms. The molecule has 0 saturated carbocycles. The summed E-state index contributed by atoms with van der Waals surface area (Å²) in [5, 5.41) is 21.0. The molecule has 0 radical (unpaired) electrons. The van der Waals surface area contributed by atoms with Gasteiger partial charge in [0.05, 0.1) is 29.9 Å². The number of carbonyl (C=O) groups excluding carboxylic acids is 5. The number of aromatic amines is 2. The molecule has 5 N–H and O–H groups in total. The van der Waals surface area contributed by atoms with Gasteiger partial charge in [-0.2, -0.15) is 13.2 Å². The Morgan fingerprint density at radius 3 is 1.27 bits per heavy atom. The number of fused-ring (bicyclic) bond motifs is 6. The van der Waals surface area contributed by atoms with Gasteiger partial charge in [-0.05, 0) is 380 Å². The van der Waals surface area contributed by atoms with Crippen LogP contribution >= 0.6 is 146 Å². The van der Waals surface area contributed by atoms with E-state index < -0.39 is 45.6 Å². The average molecular weight is 2480 g/mol. The molecule has 0 amide bonds. The molecule has 11 aromatic rings. The molecule has 139 heavy (non-hydrogen) atoms. The number of nitrogens with one attached hydrogen (secondary N) is 4. The second kappa shape index (κ2) is 77.8. The van der Waals surface area contributed by atoms with Gasteiger partial charge in [-0.25, -0.2) is 29.9 Å². The van der Waals surface area contributed by atoms with Crippen LogP contribution in [0.1, 0.15) is 87.2 Å². The van der Waals surface area contributed by atoms with Gasteiger partial charge < -0.3 is 61.3 Å². The fraction of sp³-hybridized carbons (Fsp3) is 0.191. The summed E-state index contributed by atoms with van der Waals surface area (Å²) in [6.07, 6.45) is 14.2. The Morgan fingerprint density at radius 1 is 0.540 bits per heavy atom. The SMILES string of the molecule is Brc1ccc2c(n1)NCC2.Brc1ccc2cc[nH]c2n1.C.C#CC#CC#CC#CC#CC#CC#CC#CC#C.CC(=O)O.COc1ccc(CCl)cc1.COc1ccc(CN2CCc3cc(C=O)c(Br)nc32)cc1.COc1ccc(CN2CCc3ccc(Br)nc32)cc1.O=CC(F)(F)F.O=CO[O-].O=Cc1cc2c(nc1Br)NCC2.O=Cc1cc2cc[nH]c2nc1Br.O=P(Cl)(Cl)Cl.[2H]CF.[H-].[K+].[K+].[O]=[Mn]=[O]. The van der Waals surface area contributed by atoms with Crippen molar-refractivity contribution in [3.8, 4) is 125 Å². The van der Waals surface area contributed by atoms with Gasteiger partial charge in [0.1, 0.15) is 79.4 Å². The number of aliphatic carboxylic acids is 1. The first kappa shape index (κ1) is 130. The number of carbonyl (C=O) groups is 6. The molecule has 27 nitrogen and oxygen atoms in total. The molecular formula is C94H79Br6Cl4F4K2MnN12O15P. The molecule has 12 heterocycles. The van der Waals surface area contributed by atoms with Crippen LogP contribution in [0.2, 0.25) is 0 Å². The van der Waals surface area contributed by atoms with E-state index in [1.807, 2.05) is 103 Å². The number of nitrogens with zero attached hydrogens (tertiary/aromatic N) is 8. The normalized spacial score (nSPS) is 10.3. The van der Waals surface area contributed by atoms with Gasteiger partial charge in [-0.15, -0.1) is 24.4 Å². The van der Waals surface area contributed by atoms with Crippen molar-refractivity contribution < 1.29 is 208 Å². The molecule has 0 unspecified atom stereocenters. The average Bonchev–Trinajstić information content (AvgIpc) is 1.66. The molecule has 4 aliphatic rings. The number of carboxylic acids is 1. The maximum absolute atomic E-state index is 11.0. The van der Waals surface area contributed by atoms with Crippen LogP contribution in [0, 0.1) is 108 Å². The number of halogens is 14. The van der Waals surface area contributed by atoms with Crippen LogP contribution in [0.25, 0.3) is 22.1 Å². The first-order chi connectivity index (χ1) is 65.6. The molecule has 0 bridgehead atoms. The number of hydrogen-bond donors (Lipinski definition) is 5. The number of rotatable bonds is 12. The van der Waals surface area contributed by atoms with Crippen LogP contribution in [0.3, 0.4) is 0 Å². The summed E-state index contributed by atoms with van der Waals surface area (Å²) in [6, 6.07) is 45.6. The van der Waals surface area contributed by atoms with Crippen LogP contribution in [0.15, 0.2) is 180 Å². The van der Waals surface area contributed by atoms with Gasteiger partial charge in [-0.1, -0.05) is 56.0 Å². The van der Waals surface area contributed by atoms with Crippen LogP contribution in [-0.2, 0) is 91.0 Å². The van der Waals surface area contributed by atoms with Gasteiger partial charge in [0.15, 0.2) is 18.9 Å². The minimum absolute atomic E-state index is 0. The molecule has 0 saturated heterocycles. The Hall–Kier alpha value is -8.76. The number of ether oxygens (including phenoxy) is 3. The zero-order valence-corrected chi connectivity index (χ0v) is 94.2. The standard InChI is InChI=1S/C18H2.C16H15BrN2O2.C15H15BrN2O.C8H7BrN2O.C8H5BrN2O.C8H9ClO.C7H7BrN2.C7H5BrN2.C2HF3O.C2H4O2.CH3F.CH2O3.CH4.Cl3OP.2K.Mn.2O.H/c1-3-5-7-9-11-13-15-17-18-16-14-12-10-8-6-4-2;1-21-14-4-2-11(3-5-14)9-19-7-6-12-8-13(10-20)15(17)18-16(12)19;1-19-13-5-2-11(3-6-13)10-18-9-8-12-4-7-14(16)17-15(12)18;2*9-7-6(4-12)3-5-1-2-10-8(5)11-7;1-10-8-4-2-7(6-9)3-5-8;2*8-6-2-1-5-3-4-9-7(5)10-6;3-2(4,5)1-6;1-2(3)4;1-2;2-1-4-3;;1-5(2,3)4;;;;;;/h1-2H;2-5,8,10H,6-7,9H2,1H3;2-7H,8-10H2,1H3;3-4H,1-2H2,(H,10,11);1-4H,(H,10,11);2-5H,6H2,1H3;1-2H,3-4H2,(H,9,10);1-4H,(H,9,10);1H;1H3,(H,3,4);1H3;1,3H;1H4;;;;;;;/q;;;;;;;;;;;;;;2*+1;;;;-1/p-1/i;;;;;;;;;;1D;;;;;;;;;. The third-order valence-electron chi connectivity index (χ3n) is 16.1. The van der Waals surface area contributed by atoms with E-state index in [1.165, 1.54) is 22.3 Å². The molecular weight excluding hydrogens is 2400 g/mol. The number of pyridine rings is 6. The van der Waals surface area contributed by atoms with Crippen molar-refractivity contribution in [3.63, 3.8) is 0 Å². The minimum atomic E-state index is -4.64. The zero-order chi connectivity index (χ0) is 102. The van der Waals surface area contributed by atoms with Gasteiger partial charge in [0.25, 0.3) is 12.4 Å². The number of H-pyrrole nitrogens is 2. The first-order valence-electron chi connectivity index (χ1n) is 38.3. The Balaban J connectivity index is -0.00000150. The Labute approximate surface area is 964 Å². The van der Waals surface area contributed by atoms with E-state index in [-0.39, 0.29) is 118 Å². The monoisotopic (exact) mass is 2470 g/mol. The summed E-state index contributed by atoms with van der Waals surface area (Å²) in [7, 11) is 4.00. The fourth-order valence-electron chi connectivity index (χ4n) is 10.5. The van der Waals surface area contributed by atoms with Crippen molar-refractivity contribution in [2.75, 3.05) is 75.1 Å². The first-order valence-corrected chi connectivity index (χ1v) is 48.3. The zero-order valence-electron chi connectivity index (χ0n) is 75.3. The molecule has 3 aromatic carbocycles. The third-order valence-corrected chi connectivity index (χ3v) is 19.6. The molecule has 15 rings (SSSR count). The van der Waals surface area contributed by atoms with Crippen molar-refractivity contribution >= 4 is 229 Å². The number of methoxy groups -OCH3 is 3. The van der Waals surface area contributed by atoms with E-state index in [9.17, 15) is 36.5 Å². The summed E-state index contributed by atoms with van der Waals surface area (Å²) in [5.74, 6) is 44.6. The van der Waals surface area contributed by atoms with E-state index in [4.69, 9.17) is 72.4 Å². The summed E-state index contributed by atoms with van der Waals surface area (Å²) in [6.45, 7) is 6.49. The van der Waals surface area contributed by atoms with Crippen LogP contribution in [0.5, 0.6) is 17.2 Å². The number of alkyl halides is 5.